The zero-order valence-electron chi connectivity index (χ0n) is 16.5. The molecule has 156 valence electrons. The largest absolute Gasteiger partial charge is 0.478 e. The molecule has 10 nitrogen and oxygen atoms in total. The minimum absolute atomic E-state index is 0. The molecule has 0 fully saturated rings. The number of hydrogen-bond donors (Lipinski definition) is 2. The Hall–Kier alpha value is -4.42. The Morgan fingerprint density at radius 2 is 1.21 bits per heavy atom. The number of nitrogens with zero attached hydrogens (tertiary/aromatic N) is 3. The molecule has 0 aromatic rings. The third-order valence-electron chi connectivity index (χ3n) is 0.467. The van der Waals surface area contributed by atoms with Crippen LogP contribution < -0.4 is 6.15 Å². The Bertz CT molecular complexity index is 476. The Morgan fingerprint density at radius 3 is 1.21 bits per heavy atom. The van der Waals surface area contributed by atoms with Gasteiger partial charge in [0.05, 0.1) is 12.1 Å². The normalized spacial score (nSPS) is 4.11. The number of carboxylic acids is 1. The fourth-order valence-electron chi connectivity index (χ4n) is 0. The molecule has 0 heterocycles. The Balaban J connectivity index is -0.0000000214. The Morgan fingerprint density at radius 1 is 1.11 bits per heavy atom. The molecule has 0 saturated carbocycles. The van der Waals surface area contributed by atoms with Crippen molar-refractivity contribution < 1.29 is 29.1 Å². The summed E-state index contributed by atoms with van der Waals surface area (Å²) >= 11 is 0. The molecule has 0 aliphatic heterocycles. The highest BCUT2D eigenvalue weighted by Crippen LogP contribution is 1.71. The van der Waals surface area contributed by atoms with Crippen LogP contribution >= 0.6 is 0 Å². The van der Waals surface area contributed by atoms with Gasteiger partial charge in [0.15, 0.2) is 0 Å². The number of aldehydes is 1. The molecule has 0 amide bonds. The average Bonchev–Trinajstić information content (AvgIpc) is 2.67. The first-order chi connectivity index (χ1) is 12.7. The Kier molecular flexibility index (Phi) is 289. The van der Waals surface area contributed by atoms with Crippen LogP contribution in [0.25, 0.3) is 0 Å². The number of carbonyl (C=O) groups excluding carboxylic acids is 4. The summed E-state index contributed by atoms with van der Waals surface area (Å²) in [5.41, 5.74) is 0.574. The monoisotopic (exact) mass is 396 g/mol. The van der Waals surface area contributed by atoms with Crippen LogP contribution in [0.1, 0.15) is 20.8 Å². The molecule has 0 aromatic heterocycles. The fraction of sp³-hybridized carbons (Fsp3) is 0.167. The van der Waals surface area contributed by atoms with E-state index in [1.807, 2.05) is 13.7 Å². The van der Waals surface area contributed by atoms with Gasteiger partial charge in [-0.1, -0.05) is 25.8 Å². The van der Waals surface area contributed by atoms with Crippen molar-refractivity contribution in [1.82, 2.24) is 6.15 Å². The second kappa shape index (κ2) is 143. The maximum absolute atomic E-state index is 9.41. The zero-order chi connectivity index (χ0) is 24.1. The summed E-state index contributed by atoms with van der Waals surface area (Å²) in [6.45, 7) is 23.2. The number of hydrogen-bond acceptors (Lipinski definition) is 9. The van der Waals surface area contributed by atoms with E-state index in [4.69, 9.17) is 35.3 Å². The molecule has 0 aliphatic carbocycles. The molecule has 0 saturated heterocycles. The second-order valence-electron chi connectivity index (χ2n) is 2.55. The van der Waals surface area contributed by atoms with E-state index < -0.39 is 5.97 Å². The van der Waals surface area contributed by atoms with Crippen LogP contribution in [-0.4, -0.2) is 30.3 Å². The van der Waals surface area contributed by atoms with Gasteiger partial charge in [-0.3, -0.25) is 4.79 Å². The maximum atomic E-state index is 9.41. The molecule has 4 N–H and O–H groups in total. The SMILES string of the molecule is C#N.C=C(C)C=O.C=CC.C=CC#N.C=CC(=O)O.C=O.CC#N.N.O=C=O. The standard InChI is InChI=1S/C4H6O.C3H3N.C3H4O2.C3H6.C2H3N.CHN.CO2.CH2O.H3N/c1-4(2)3-5;1-2-3-4;1-2-3(4)5;1-3-2;1-2-3;1-2;2-1-3;1-2;/h3H,1H2,2H3;2H,1H2;2H,1H2,(H,4,5);3H,1H2,2H3;1H3;1H;;1H2;1H3. The number of aliphatic carboxylic acids is 1. The van der Waals surface area contributed by atoms with Gasteiger partial charge in [-0.25, -0.2) is 10.1 Å². The summed E-state index contributed by atoms with van der Waals surface area (Å²) in [6, 6.07) is 3.44. The summed E-state index contributed by atoms with van der Waals surface area (Å²) < 4.78 is 0. The van der Waals surface area contributed by atoms with Crippen LogP contribution in [-0.2, 0) is 24.0 Å². The lowest BCUT2D eigenvalue weighted by molar-refractivity contribution is -0.191. The number of carbonyl (C=O) groups is 3. The lowest BCUT2D eigenvalue weighted by Crippen LogP contribution is -1.82. The number of allylic oxidation sites excluding steroid dienone is 3. The van der Waals surface area contributed by atoms with E-state index >= 15 is 0 Å². The first-order valence-corrected chi connectivity index (χ1v) is 6.09. The molecule has 0 radical (unpaired) electrons. The molecule has 0 aliphatic rings. The van der Waals surface area contributed by atoms with Gasteiger partial charge in [-0.15, -0.1) is 6.58 Å². The lowest BCUT2D eigenvalue weighted by atomic mass is 10.4. The second-order valence-corrected chi connectivity index (χ2v) is 2.55. The molecule has 0 atom stereocenters. The van der Waals surface area contributed by atoms with Gasteiger partial charge < -0.3 is 16.1 Å². The summed E-state index contributed by atoms with van der Waals surface area (Å²) in [4.78, 5) is 42.9. The van der Waals surface area contributed by atoms with Gasteiger partial charge in [-0.05, 0) is 19.4 Å². The van der Waals surface area contributed by atoms with E-state index in [-0.39, 0.29) is 12.3 Å². The van der Waals surface area contributed by atoms with E-state index in [0.29, 0.717) is 5.57 Å². The summed E-state index contributed by atoms with van der Waals surface area (Å²) in [6.07, 6.45) is 4.74. The highest BCUT2D eigenvalue weighted by molar-refractivity contribution is 5.78. The first kappa shape index (κ1) is 56.6. The van der Waals surface area contributed by atoms with Crippen molar-refractivity contribution in [3.05, 3.63) is 50.1 Å². The lowest BCUT2D eigenvalue weighted by Gasteiger charge is -1.65. The predicted molar refractivity (Wildman–Crippen MR) is 105 cm³/mol. The van der Waals surface area contributed by atoms with Crippen LogP contribution in [0.2, 0.25) is 0 Å². The summed E-state index contributed by atoms with van der Waals surface area (Å²) in [5, 5.41) is 28.9. The summed E-state index contributed by atoms with van der Waals surface area (Å²) in [5.74, 6) is -0.981. The molecular formula is C18H28N4O6. The minimum atomic E-state index is -0.981. The summed E-state index contributed by atoms with van der Waals surface area (Å²) in [7, 11) is 0. The van der Waals surface area contributed by atoms with E-state index in [1.165, 1.54) is 13.0 Å². The number of nitriles is 3. The average molecular weight is 396 g/mol. The van der Waals surface area contributed by atoms with Gasteiger partial charge in [0.2, 0.25) is 0 Å². The van der Waals surface area contributed by atoms with Crippen LogP contribution in [0.5, 0.6) is 0 Å². The molecule has 0 spiro atoms. The number of carboxylic acid groups (broad SMARTS) is 1. The van der Waals surface area contributed by atoms with Gasteiger partial charge in [-0.2, -0.15) is 20.1 Å². The Labute approximate surface area is 166 Å². The van der Waals surface area contributed by atoms with Crippen LogP contribution in [0, 0.1) is 34.5 Å². The zero-order valence-corrected chi connectivity index (χ0v) is 16.5. The van der Waals surface area contributed by atoms with Crippen LogP contribution in [0.15, 0.2) is 50.1 Å². The van der Waals surface area contributed by atoms with Crippen molar-refractivity contribution in [3.63, 3.8) is 0 Å². The molecular weight excluding hydrogens is 368 g/mol. The first-order valence-electron chi connectivity index (χ1n) is 6.09. The van der Waals surface area contributed by atoms with Gasteiger partial charge in [0, 0.05) is 25.6 Å². The fourth-order valence-corrected chi connectivity index (χ4v) is 0. The van der Waals surface area contributed by atoms with Crippen LogP contribution in [0.3, 0.4) is 0 Å². The third kappa shape index (κ3) is 27200. The van der Waals surface area contributed by atoms with E-state index in [2.05, 4.69) is 32.9 Å². The predicted octanol–water partition coefficient (Wildman–Crippen LogP) is 2.97. The molecule has 10 heteroatoms. The smallest absolute Gasteiger partial charge is 0.373 e. The number of rotatable bonds is 2. The molecule has 0 rings (SSSR count). The quantitative estimate of drug-likeness (QED) is 0.301. The van der Waals surface area contributed by atoms with E-state index in [0.717, 1.165) is 12.4 Å². The van der Waals surface area contributed by atoms with Crippen molar-refractivity contribution >= 4 is 25.2 Å². The van der Waals surface area contributed by atoms with Crippen molar-refractivity contribution in [2.75, 3.05) is 0 Å². The van der Waals surface area contributed by atoms with Crippen LogP contribution in [0.4, 0.5) is 0 Å². The minimum Gasteiger partial charge on any atom is -0.478 e. The van der Waals surface area contributed by atoms with E-state index in [1.54, 1.807) is 25.1 Å². The highest BCUT2D eigenvalue weighted by atomic mass is 16.4. The van der Waals surface area contributed by atoms with Crippen molar-refractivity contribution in [3.8, 4) is 18.7 Å². The topological polar surface area (TPSA) is 212 Å². The van der Waals surface area contributed by atoms with Gasteiger partial charge in [0.1, 0.15) is 13.1 Å². The molecule has 28 heavy (non-hydrogen) atoms. The van der Waals surface area contributed by atoms with E-state index in [9.17, 15) is 9.59 Å². The van der Waals surface area contributed by atoms with Gasteiger partial charge >= 0.3 is 12.1 Å². The molecule has 0 aromatic carbocycles. The molecule has 0 bridgehead atoms. The highest BCUT2D eigenvalue weighted by Gasteiger charge is 1.73. The third-order valence-corrected chi connectivity index (χ3v) is 0.467. The van der Waals surface area contributed by atoms with Crippen molar-refractivity contribution in [2.45, 2.75) is 20.8 Å². The van der Waals surface area contributed by atoms with Crippen molar-refractivity contribution in [2.24, 2.45) is 0 Å². The van der Waals surface area contributed by atoms with Gasteiger partial charge in [0.25, 0.3) is 0 Å². The maximum Gasteiger partial charge on any atom is 0.373 e. The molecule has 0 unspecified atom stereocenters. The van der Waals surface area contributed by atoms with Crippen molar-refractivity contribution in [1.29, 1.82) is 15.8 Å².